The molecule has 2 N–H and O–H groups in total. The summed E-state index contributed by atoms with van der Waals surface area (Å²) in [5.74, 6) is -2.91. The summed E-state index contributed by atoms with van der Waals surface area (Å²) in [6.07, 6.45) is -0.0218. The summed E-state index contributed by atoms with van der Waals surface area (Å²) < 4.78 is 18.2. The summed E-state index contributed by atoms with van der Waals surface area (Å²) in [5.41, 5.74) is 4.53. The van der Waals surface area contributed by atoms with Crippen LogP contribution >= 0.6 is 11.6 Å². The summed E-state index contributed by atoms with van der Waals surface area (Å²) in [5, 5.41) is 0.544. The standard InChI is InChI=1S/C17H14ClFN2O4/c18-12-7-5-11(6-8-12)9-16(23)25-10-15(22)20-21-17(24)13-3-1-2-4-14(13)19/h1-8H,9-10H2,(H,20,22)(H,21,24). The van der Waals surface area contributed by atoms with E-state index in [9.17, 15) is 18.8 Å². The first-order valence-electron chi connectivity index (χ1n) is 7.19. The highest BCUT2D eigenvalue weighted by molar-refractivity contribution is 6.30. The van der Waals surface area contributed by atoms with Crippen LogP contribution < -0.4 is 10.9 Å². The topological polar surface area (TPSA) is 84.5 Å². The van der Waals surface area contributed by atoms with Gasteiger partial charge in [0, 0.05) is 5.02 Å². The van der Waals surface area contributed by atoms with Crippen LogP contribution in [0.15, 0.2) is 48.5 Å². The van der Waals surface area contributed by atoms with Gasteiger partial charge in [-0.05, 0) is 29.8 Å². The molecule has 0 saturated heterocycles. The van der Waals surface area contributed by atoms with Gasteiger partial charge in [-0.2, -0.15) is 0 Å². The lowest BCUT2D eigenvalue weighted by Crippen LogP contribution is -2.43. The maximum absolute atomic E-state index is 13.4. The van der Waals surface area contributed by atoms with Gasteiger partial charge in [0.25, 0.3) is 11.8 Å². The molecule has 2 aromatic carbocycles. The van der Waals surface area contributed by atoms with E-state index in [0.717, 1.165) is 6.07 Å². The molecule has 0 aliphatic carbocycles. The Morgan fingerprint density at radius 2 is 1.68 bits per heavy atom. The minimum absolute atomic E-state index is 0.0218. The lowest BCUT2D eigenvalue weighted by Gasteiger charge is -2.08. The van der Waals surface area contributed by atoms with Crippen molar-refractivity contribution in [3.05, 3.63) is 70.5 Å². The molecule has 8 heteroatoms. The van der Waals surface area contributed by atoms with Gasteiger partial charge in [0.15, 0.2) is 6.61 Å². The molecule has 0 bridgehead atoms. The van der Waals surface area contributed by atoms with E-state index < -0.39 is 30.2 Å². The van der Waals surface area contributed by atoms with Crippen LogP contribution in [0.2, 0.25) is 5.02 Å². The Balaban J connectivity index is 1.73. The minimum atomic E-state index is -0.820. The van der Waals surface area contributed by atoms with Crippen molar-refractivity contribution in [2.24, 2.45) is 0 Å². The van der Waals surface area contributed by atoms with Gasteiger partial charge in [-0.3, -0.25) is 25.2 Å². The first kappa shape index (κ1) is 18.4. The highest BCUT2D eigenvalue weighted by Gasteiger charge is 2.13. The second kappa shape index (κ2) is 8.79. The van der Waals surface area contributed by atoms with Gasteiger partial charge in [-0.15, -0.1) is 0 Å². The number of carbonyl (C=O) groups excluding carboxylic acids is 3. The lowest BCUT2D eigenvalue weighted by atomic mass is 10.1. The third-order valence-electron chi connectivity index (χ3n) is 3.06. The van der Waals surface area contributed by atoms with E-state index >= 15 is 0 Å². The molecule has 0 spiro atoms. The van der Waals surface area contributed by atoms with Crippen molar-refractivity contribution >= 4 is 29.4 Å². The molecule has 25 heavy (non-hydrogen) atoms. The third kappa shape index (κ3) is 5.89. The molecule has 2 aromatic rings. The van der Waals surface area contributed by atoms with Crippen molar-refractivity contribution in [3.63, 3.8) is 0 Å². The molecule has 0 aliphatic heterocycles. The van der Waals surface area contributed by atoms with Crippen molar-refractivity contribution in [2.75, 3.05) is 6.61 Å². The monoisotopic (exact) mass is 364 g/mol. The SMILES string of the molecule is O=C(COC(=O)Cc1ccc(Cl)cc1)NNC(=O)c1ccccc1F. The molecule has 0 unspecified atom stereocenters. The predicted octanol–water partition coefficient (Wildman–Crippen LogP) is 2.03. The van der Waals surface area contributed by atoms with Crippen molar-refractivity contribution in [2.45, 2.75) is 6.42 Å². The van der Waals surface area contributed by atoms with Crippen molar-refractivity contribution in [1.29, 1.82) is 0 Å². The normalized spacial score (nSPS) is 10.0. The van der Waals surface area contributed by atoms with Crippen LogP contribution in [-0.2, 0) is 20.7 Å². The number of benzene rings is 2. The number of nitrogens with one attached hydrogen (secondary N) is 2. The summed E-state index contributed by atoms with van der Waals surface area (Å²) in [6, 6.07) is 11.9. The van der Waals surface area contributed by atoms with E-state index in [4.69, 9.17) is 16.3 Å². The Kier molecular flexibility index (Phi) is 6.47. The highest BCUT2D eigenvalue weighted by atomic mass is 35.5. The number of amides is 2. The Hall–Kier alpha value is -2.93. The Morgan fingerprint density at radius 3 is 2.36 bits per heavy atom. The number of hydrogen-bond acceptors (Lipinski definition) is 4. The van der Waals surface area contributed by atoms with Gasteiger partial charge in [0.05, 0.1) is 12.0 Å². The van der Waals surface area contributed by atoms with Crippen molar-refractivity contribution < 1.29 is 23.5 Å². The van der Waals surface area contributed by atoms with Crippen LogP contribution in [0.4, 0.5) is 4.39 Å². The van der Waals surface area contributed by atoms with Crippen LogP contribution in [0.3, 0.4) is 0 Å². The average molecular weight is 365 g/mol. The van der Waals surface area contributed by atoms with Gasteiger partial charge in [0.1, 0.15) is 5.82 Å². The van der Waals surface area contributed by atoms with E-state index in [2.05, 4.69) is 0 Å². The fraction of sp³-hybridized carbons (Fsp3) is 0.118. The van der Waals surface area contributed by atoms with Crippen LogP contribution in [0.1, 0.15) is 15.9 Å². The largest absolute Gasteiger partial charge is 0.455 e. The summed E-state index contributed by atoms with van der Waals surface area (Å²) in [4.78, 5) is 34.9. The van der Waals surface area contributed by atoms with E-state index in [-0.39, 0.29) is 12.0 Å². The van der Waals surface area contributed by atoms with Crippen LogP contribution in [0, 0.1) is 5.82 Å². The van der Waals surface area contributed by atoms with Gasteiger partial charge in [-0.1, -0.05) is 35.9 Å². The minimum Gasteiger partial charge on any atom is -0.455 e. The van der Waals surface area contributed by atoms with Crippen LogP contribution in [-0.4, -0.2) is 24.4 Å². The molecule has 0 radical (unpaired) electrons. The zero-order valence-electron chi connectivity index (χ0n) is 12.9. The first-order chi connectivity index (χ1) is 12.0. The fourth-order valence-electron chi connectivity index (χ4n) is 1.84. The number of carbonyl (C=O) groups is 3. The quantitative estimate of drug-likeness (QED) is 0.628. The van der Waals surface area contributed by atoms with Crippen molar-refractivity contribution in [3.8, 4) is 0 Å². The Morgan fingerprint density at radius 1 is 1.00 bits per heavy atom. The number of esters is 1. The van der Waals surface area contributed by atoms with E-state index in [1.807, 2.05) is 10.9 Å². The molecular formula is C17H14ClFN2O4. The molecule has 0 aromatic heterocycles. The highest BCUT2D eigenvalue weighted by Crippen LogP contribution is 2.10. The average Bonchev–Trinajstić information content (AvgIpc) is 2.60. The maximum atomic E-state index is 13.4. The molecule has 0 saturated carbocycles. The van der Waals surface area contributed by atoms with Crippen LogP contribution in [0.5, 0.6) is 0 Å². The second-order valence-electron chi connectivity index (χ2n) is 4.95. The number of halogens is 2. The molecule has 130 valence electrons. The Labute approximate surface area is 147 Å². The molecule has 0 fully saturated rings. The molecule has 0 heterocycles. The second-order valence-corrected chi connectivity index (χ2v) is 5.38. The lowest BCUT2D eigenvalue weighted by molar-refractivity contribution is -0.148. The van der Waals surface area contributed by atoms with Gasteiger partial charge < -0.3 is 4.74 Å². The van der Waals surface area contributed by atoms with Gasteiger partial charge in [0.2, 0.25) is 0 Å². The van der Waals surface area contributed by atoms with Crippen LogP contribution in [0.25, 0.3) is 0 Å². The molecular weight excluding hydrogens is 351 g/mol. The number of rotatable bonds is 5. The Bertz CT molecular complexity index is 780. The predicted molar refractivity (Wildman–Crippen MR) is 88.1 cm³/mol. The number of hydrogen-bond donors (Lipinski definition) is 2. The maximum Gasteiger partial charge on any atom is 0.310 e. The summed E-state index contributed by atoms with van der Waals surface area (Å²) in [6.45, 7) is -0.579. The zero-order chi connectivity index (χ0) is 18.2. The van der Waals surface area contributed by atoms with E-state index in [1.165, 1.54) is 18.2 Å². The first-order valence-corrected chi connectivity index (χ1v) is 7.57. The number of hydrazine groups is 1. The van der Waals surface area contributed by atoms with Crippen molar-refractivity contribution in [1.82, 2.24) is 10.9 Å². The molecule has 2 amide bonds. The fourth-order valence-corrected chi connectivity index (χ4v) is 1.97. The number of ether oxygens (including phenoxy) is 1. The van der Waals surface area contributed by atoms with Gasteiger partial charge >= 0.3 is 5.97 Å². The third-order valence-corrected chi connectivity index (χ3v) is 3.31. The van der Waals surface area contributed by atoms with E-state index in [1.54, 1.807) is 24.3 Å². The van der Waals surface area contributed by atoms with E-state index in [0.29, 0.717) is 10.6 Å². The van der Waals surface area contributed by atoms with Gasteiger partial charge in [-0.25, -0.2) is 4.39 Å². The summed E-state index contributed by atoms with van der Waals surface area (Å²) in [7, 11) is 0. The summed E-state index contributed by atoms with van der Waals surface area (Å²) >= 11 is 5.74. The zero-order valence-corrected chi connectivity index (χ0v) is 13.7. The molecule has 0 aliphatic rings. The molecule has 6 nitrogen and oxygen atoms in total. The smallest absolute Gasteiger partial charge is 0.310 e. The molecule has 0 atom stereocenters. The molecule has 2 rings (SSSR count).